The van der Waals surface area contributed by atoms with Gasteiger partial charge in [-0.1, -0.05) is 38.1 Å². The number of carbonyl (C=O) groups is 1. The van der Waals surface area contributed by atoms with E-state index in [0.717, 1.165) is 38.3 Å². The van der Waals surface area contributed by atoms with Crippen molar-refractivity contribution >= 4 is 11.6 Å². The highest BCUT2D eigenvalue weighted by atomic mass is 16.5. The highest BCUT2D eigenvalue weighted by Crippen LogP contribution is 2.21. The molecule has 1 amide bonds. The minimum Gasteiger partial charge on any atom is -0.497 e. The van der Waals surface area contributed by atoms with Gasteiger partial charge >= 0.3 is 0 Å². The summed E-state index contributed by atoms with van der Waals surface area (Å²) in [5.74, 6) is 1.67. The first-order valence-electron chi connectivity index (χ1n) is 9.82. The zero-order valence-corrected chi connectivity index (χ0v) is 16.6. The predicted octanol–water partition coefficient (Wildman–Crippen LogP) is 4.10. The fraction of sp³-hybridized carbons (Fsp3) is 0.435. The van der Waals surface area contributed by atoms with E-state index in [2.05, 4.69) is 55.1 Å². The minimum absolute atomic E-state index is 0.261. The molecular weight excluding hydrogens is 336 g/mol. The molecule has 0 aliphatic carbocycles. The van der Waals surface area contributed by atoms with Crippen molar-refractivity contribution in [2.45, 2.75) is 32.6 Å². The van der Waals surface area contributed by atoms with Gasteiger partial charge < -0.3 is 14.5 Å². The van der Waals surface area contributed by atoms with Gasteiger partial charge in [-0.15, -0.1) is 0 Å². The third-order valence-electron chi connectivity index (χ3n) is 5.34. The lowest BCUT2D eigenvalue weighted by Crippen LogP contribution is -2.48. The Morgan fingerprint density at radius 2 is 1.59 bits per heavy atom. The quantitative estimate of drug-likeness (QED) is 0.772. The second-order valence-electron chi connectivity index (χ2n) is 7.46. The lowest BCUT2D eigenvalue weighted by Gasteiger charge is -2.36. The number of rotatable bonds is 6. The molecule has 4 heteroatoms. The maximum Gasteiger partial charge on any atom is 0.223 e. The Labute approximate surface area is 162 Å². The van der Waals surface area contributed by atoms with Crippen LogP contribution in [-0.4, -0.2) is 44.1 Å². The zero-order chi connectivity index (χ0) is 19.2. The number of carbonyl (C=O) groups excluding carboxylic acids is 1. The SMILES string of the molecule is COc1ccc(N2CCN(C(=O)CCc3ccc(C(C)C)cc3)CC2)cc1. The summed E-state index contributed by atoms with van der Waals surface area (Å²) in [6, 6.07) is 16.8. The van der Waals surface area contributed by atoms with E-state index >= 15 is 0 Å². The van der Waals surface area contributed by atoms with E-state index in [1.165, 1.54) is 16.8 Å². The average Bonchev–Trinajstić information content (AvgIpc) is 2.72. The largest absolute Gasteiger partial charge is 0.497 e. The first kappa shape index (κ1) is 19.3. The Balaban J connectivity index is 1.46. The van der Waals surface area contributed by atoms with Crippen LogP contribution in [0.25, 0.3) is 0 Å². The molecular formula is C23H30N2O2. The van der Waals surface area contributed by atoms with Gasteiger partial charge in [0.1, 0.15) is 5.75 Å². The third-order valence-corrected chi connectivity index (χ3v) is 5.34. The van der Waals surface area contributed by atoms with Gasteiger partial charge in [-0.05, 0) is 47.7 Å². The van der Waals surface area contributed by atoms with Crippen molar-refractivity contribution in [2.75, 3.05) is 38.2 Å². The molecule has 0 bridgehead atoms. The highest BCUT2D eigenvalue weighted by Gasteiger charge is 2.21. The number of methoxy groups -OCH3 is 1. The van der Waals surface area contributed by atoms with Crippen molar-refractivity contribution < 1.29 is 9.53 Å². The predicted molar refractivity (Wildman–Crippen MR) is 111 cm³/mol. The fourth-order valence-electron chi connectivity index (χ4n) is 3.49. The number of piperazine rings is 1. The van der Waals surface area contributed by atoms with Crippen LogP contribution < -0.4 is 9.64 Å². The number of nitrogens with zero attached hydrogens (tertiary/aromatic N) is 2. The molecule has 144 valence electrons. The van der Waals surface area contributed by atoms with E-state index in [4.69, 9.17) is 4.74 Å². The standard InChI is InChI=1S/C23H30N2O2/c1-18(2)20-7-4-19(5-8-20)6-13-23(26)25-16-14-24(15-17-25)21-9-11-22(27-3)12-10-21/h4-5,7-12,18H,6,13-17H2,1-3H3. The van der Waals surface area contributed by atoms with Gasteiger partial charge in [-0.2, -0.15) is 0 Å². The van der Waals surface area contributed by atoms with Crippen LogP contribution in [0.1, 0.15) is 37.3 Å². The van der Waals surface area contributed by atoms with E-state index in [9.17, 15) is 4.79 Å². The summed E-state index contributed by atoms with van der Waals surface area (Å²) >= 11 is 0. The van der Waals surface area contributed by atoms with Crippen LogP contribution in [0.3, 0.4) is 0 Å². The van der Waals surface area contributed by atoms with Gasteiger partial charge in [-0.25, -0.2) is 0 Å². The van der Waals surface area contributed by atoms with Crippen molar-refractivity contribution in [1.82, 2.24) is 4.90 Å². The number of aryl methyl sites for hydroxylation is 1. The van der Waals surface area contributed by atoms with Crippen molar-refractivity contribution in [3.63, 3.8) is 0 Å². The molecule has 1 aliphatic rings. The summed E-state index contributed by atoms with van der Waals surface area (Å²) in [4.78, 5) is 16.9. The second-order valence-corrected chi connectivity index (χ2v) is 7.46. The van der Waals surface area contributed by atoms with Gasteiger partial charge in [0.15, 0.2) is 0 Å². The van der Waals surface area contributed by atoms with Crippen LogP contribution in [0.4, 0.5) is 5.69 Å². The molecule has 0 aromatic heterocycles. The summed E-state index contributed by atoms with van der Waals surface area (Å²) < 4.78 is 5.22. The Hall–Kier alpha value is -2.49. The normalized spacial score (nSPS) is 14.5. The number of ether oxygens (including phenoxy) is 1. The maximum atomic E-state index is 12.6. The number of anilines is 1. The second kappa shape index (κ2) is 8.94. The van der Waals surface area contributed by atoms with Crippen molar-refractivity contribution in [2.24, 2.45) is 0 Å². The summed E-state index contributed by atoms with van der Waals surface area (Å²) in [7, 11) is 1.68. The van der Waals surface area contributed by atoms with E-state index < -0.39 is 0 Å². The Morgan fingerprint density at radius 3 is 2.15 bits per heavy atom. The highest BCUT2D eigenvalue weighted by molar-refractivity contribution is 5.76. The molecule has 1 fully saturated rings. The first-order chi connectivity index (χ1) is 13.1. The molecule has 0 N–H and O–H groups in total. The van der Waals surface area contributed by atoms with Gasteiger partial charge in [0.25, 0.3) is 0 Å². The summed E-state index contributed by atoms with van der Waals surface area (Å²) in [5, 5.41) is 0. The molecule has 0 unspecified atom stereocenters. The Kier molecular flexibility index (Phi) is 6.38. The molecule has 3 rings (SSSR count). The number of amides is 1. The van der Waals surface area contributed by atoms with Gasteiger partial charge in [-0.3, -0.25) is 4.79 Å². The molecule has 1 aliphatic heterocycles. The van der Waals surface area contributed by atoms with E-state index in [0.29, 0.717) is 12.3 Å². The molecule has 2 aromatic carbocycles. The molecule has 27 heavy (non-hydrogen) atoms. The average molecular weight is 367 g/mol. The smallest absolute Gasteiger partial charge is 0.223 e. The molecule has 0 spiro atoms. The van der Waals surface area contributed by atoms with E-state index in [1.54, 1.807) is 7.11 Å². The summed E-state index contributed by atoms with van der Waals surface area (Å²) in [5.41, 5.74) is 3.78. The maximum absolute atomic E-state index is 12.6. The summed E-state index contributed by atoms with van der Waals surface area (Å²) in [6.07, 6.45) is 1.40. The minimum atomic E-state index is 0.261. The van der Waals surface area contributed by atoms with Crippen LogP contribution in [-0.2, 0) is 11.2 Å². The van der Waals surface area contributed by atoms with Crippen LogP contribution in [0, 0.1) is 0 Å². The molecule has 0 saturated carbocycles. The van der Waals surface area contributed by atoms with Crippen molar-refractivity contribution in [1.29, 1.82) is 0 Å². The lowest BCUT2D eigenvalue weighted by atomic mass is 10.00. The number of benzene rings is 2. The van der Waals surface area contributed by atoms with Crippen molar-refractivity contribution in [3.05, 3.63) is 59.7 Å². The summed E-state index contributed by atoms with van der Waals surface area (Å²) in [6.45, 7) is 7.73. The monoisotopic (exact) mass is 366 g/mol. The third kappa shape index (κ3) is 5.03. The fourth-order valence-corrected chi connectivity index (χ4v) is 3.49. The topological polar surface area (TPSA) is 32.8 Å². The first-order valence-corrected chi connectivity index (χ1v) is 9.82. The van der Waals surface area contributed by atoms with Gasteiger partial charge in [0.2, 0.25) is 5.91 Å². The molecule has 0 atom stereocenters. The molecule has 4 nitrogen and oxygen atoms in total. The zero-order valence-electron chi connectivity index (χ0n) is 16.6. The van der Waals surface area contributed by atoms with Crippen LogP contribution in [0.2, 0.25) is 0 Å². The van der Waals surface area contributed by atoms with E-state index in [1.807, 2.05) is 17.0 Å². The van der Waals surface area contributed by atoms with Crippen LogP contribution >= 0.6 is 0 Å². The molecule has 1 heterocycles. The van der Waals surface area contributed by atoms with Crippen LogP contribution in [0.5, 0.6) is 5.75 Å². The van der Waals surface area contributed by atoms with Gasteiger partial charge in [0, 0.05) is 38.3 Å². The van der Waals surface area contributed by atoms with E-state index in [-0.39, 0.29) is 5.91 Å². The Morgan fingerprint density at radius 1 is 0.963 bits per heavy atom. The molecule has 1 saturated heterocycles. The molecule has 0 radical (unpaired) electrons. The molecule has 2 aromatic rings. The number of hydrogen-bond donors (Lipinski definition) is 0. The number of hydrogen-bond acceptors (Lipinski definition) is 3. The Bertz CT molecular complexity index is 730. The van der Waals surface area contributed by atoms with Gasteiger partial charge in [0.05, 0.1) is 7.11 Å². The van der Waals surface area contributed by atoms with Crippen LogP contribution in [0.15, 0.2) is 48.5 Å². The lowest BCUT2D eigenvalue weighted by molar-refractivity contribution is -0.131. The van der Waals surface area contributed by atoms with Crippen molar-refractivity contribution in [3.8, 4) is 5.75 Å².